The van der Waals surface area contributed by atoms with Crippen molar-refractivity contribution in [3.63, 3.8) is 0 Å². The van der Waals surface area contributed by atoms with Gasteiger partial charge in [-0.05, 0) is 0 Å². The Balaban J connectivity index is 2.29. The summed E-state index contributed by atoms with van der Waals surface area (Å²) in [6.45, 7) is 0.206. The first-order chi connectivity index (χ1) is 4.33. The second kappa shape index (κ2) is 2.48. The number of carbonyl (C=O) groups is 2. The van der Waals surface area contributed by atoms with Gasteiger partial charge < -0.3 is 14.3 Å². The zero-order valence-corrected chi connectivity index (χ0v) is 4.70. The van der Waals surface area contributed by atoms with Gasteiger partial charge in [-0.15, -0.1) is 0 Å². The molecule has 1 saturated heterocycles. The first-order valence-corrected chi connectivity index (χ1v) is 2.60. The summed E-state index contributed by atoms with van der Waals surface area (Å²) < 4.78 is 8.91. The van der Waals surface area contributed by atoms with Crippen LogP contribution < -0.4 is 0 Å². The molecule has 4 heteroatoms. The average Bonchev–Trinajstić information content (AvgIpc) is 2.17. The lowest BCUT2D eigenvalue weighted by molar-refractivity contribution is -0.109. The lowest BCUT2D eigenvalue weighted by Crippen LogP contribution is -2.09. The highest BCUT2D eigenvalue weighted by molar-refractivity contribution is 5.63. The van der Waals surface area contributed by atoms with E-state index >= 15 is 0 Å². The lowest BCUT2D eigenvalue weighted by Gasteiger charge is -1.96. The molecule has 0 bridgehead atoms. The molecular weight excluding hydrogens is 124 g/mol. The Bertz CT molecular complexity index is 131. The maximum absolute atomic E-state index is 10.2. The molecule has 0 N–H and O–H groups in total. The van der Waals surface area contributed by atoms with Crippen molar-refractivity contribution in [1.29, 1.82) is 0 Å². The van der Waals surface area contributed by atoms with E-state index in [0.29, 0.717) is 6.29 Å². The molecule has 0 aliphatic carbocycles. The molecular formula is C5H6O4. The molecule has 0 aromatic rings. The average molecular weight is 130 g/mol. The van der Waals surface area contributed by atoms with E-state index in [4.69, 9.17) is 0 Å². The van der Waals surface area contributed by atoms with Crippen LogP contribution in [0.2, 0.25) is 0 Å². The molecule has 0 saturated carbocycles. The third kappa shape index (κ3) is 1.42. The summed E-state index contributed by atoms with van der Waals surface area (Å²) in [5, 5.41) is 0. The number of ether oxygens (including phenoxy) is 2. The van der Waals surface area contributed by atoms with Crippen molar-refractivity contribution in [2.45, 2.75) is 12.5 Å². The minimum atomic E-state index is -0.679. The van der Waals surface area contributed by atoms with Crippen molar-refractivity contribution in [3.05, 3.63) is 0 Å². The molecule has 0 aromatic carbocycles. The van der Waals surface area contributed by atoms with E-state index in [2.05, 4.69) is 9.47 Å². The van der Waals surface area contributed by atoms with E-state index in [1.807, 2.05) is 0 Å². The minimum Gasteiger partial charge on any atom is -0.430 e. The quantitative estimate of drug-likeness (QED) is 0.393. The Hall–Kier alpha value is -1.06. The monoisotopic (exact) mass is 130 g/mol. The van der Waals surface area contributed by atoms with Gasteiger partial charge in [0.2, 0.25) is 0 Å². The maximum atomic E-state index is 10.2. The van der Waals surface area contributed by atoms with Crippen molar-refractivity contribution in [3.8, 4) is 0 Å². The van der Waals surface area contributed by atoms with Crippen LogP contribution in [0, 0.1) is 0 Å². The van der Waals surface area contributed by atoms with Crippen molar-refractivity contribution in [2.75, 3.05) is 6.61 Å². The van der Waals surface area contributed by atoms with Crippen molar-refractivity contribution < 1.29 is 19.1 Å². The van der Waals surface area contributed by atoms with Crippen LogP contribution in [0.4, 0.5) is 4.79 Å². The van der Waals surface area contributed by atoms with E-state index in [9.17, 15) is 9.59 Å². The van der Waals surface area contributed by atoms with Gasteiger partial charge in [-0.3, -0.25) is 0 Å². The van der Waals surface area contributed by atoms with E-state index in [1.165, 1.54) is 0 Å². The predicted molar refractivity (Wildman–Crippen MR) is 26.9 cm³/mol. The highest BCUT2D eigenvalue weighted by Gasteiger charge is 2.23. The van der Waals surface area contributed by atoms with Gasteiger partial charge in [0.25, 0.3) is 0 Å². The van der Waals surface area contributed by atoms with Gasteiger partial charge in [0.15, 0.2) is 0 Å². The molecule has 0 radical (unpaired) electrons. The summed E-state index contributed by atoms with van der Waals surface area (Å²) in [6, 6.07) is 0. The van der Waals surface area contributed by atoms with Crippen LogP contribution in [-0.4, -0.2) is 25.2 Å². The first kappa shape index (κ1) is 6.07. The molecule has 1 atom stereocenters. The molecule has 0 spiro atoms. The number of cyclic esters (lactones) is 2. The van der Waals surface area contributed by atoms with Crippen LogP contribution in [0.25, 0.3) is 0 Å². The molecule has 1 heterocycles. The van der Waals surface area contributed by atoms with Crippen molar-refractivity contribution in [1.82, 2.24) is 0 Å². The summed E-state index contributed by atoms with van der Waals surface area (Å²) in [6.07, 6.45) is -0.102. The molecule has 0 amide bonds. The summed E-state index contributed by atoms with van der Waals surface area (Å²) in [5.74, 6) is 0. The van der Waals surface area contributed by atoms with Gasteiger partial charge in [0, 0.05) is 6.42 Å². The van der Waals surface area contributed by atoms with Gasteiger partial charge in [-0.1, -0.05) is 0 Å². The zero-order chi connectivity index (χ0) is 6.69. The number of hydrogen-bond acceptors (Lipinski definition) is 4. The van der Waals surface area contributed by atoms with Crippen LogP contribution in [0.3, 0.4) is 0 Å². The SMILES string of the molecule is O=CCC1COC(=O)O1. The number of aldehydes is 1. The van der Waals surface area contributed by atoms with Crippen LogP contribution >= 0.6 is 0 Å². The summed E-state index contributed by atoms with van der Waals surface area (Å²) >= 11 is 0. The van der Waals surface area contributed by atoms with E-state index < -0.39 is 6.16 Å². The molecule has 0 aromatic heterocycles. The van der Waals surface area contributed by atoms with Gasteiger partial charge in [0.05, 0.1) is 0 Å². The predicted octanol–water partition coefficient (Wildman–Crippen LogP) is 0.111. The Labute approximate surface area is 51.7 Å². The third-order valence-electron chi connectivity index (χ3n) is 1.01. The maximum Gasteiger partial charge on any atom is 0.508 e. The van der Waals surface area contributed by atoms with Crippen molar-refractivity contribution in [2.24, 2.45) is 0 Å². The number of hydrogen-bond donors (Lipinski definition) is 0. The molecule has 9 heavy (non-hydrogen) atoms. The third-order valence-corrected chi connectivity index (χ3v) is 1.01. The molecule has 1 unspecified atom stereocenters. The Morgan fingerprint density at radius 2 is 2.56 bits per heavy atom. The minimum absolute atomic E-state index is 0.206. The van der Waals surface area contributed by atoms with Gasteiger partial charge in [-0.2, -0.15) is 0 Å². The number of carbonyl (C=O) groups excluding carboxylic acids is 2. The fourth-order valence-corrected chi connectivity index (χ4v) is 0.589. The van der Waals surface area contributed by atoms with Crippen LogP contribution in [0.15, 0.2) is 0 Å². The summed E-state index contributed by atoms with van der Waals surface area (Å²) in [7, 11) is 0. The van der Waals surface area contributed by atoms with Gasteiger partial charge in [0.1, 0.15) is 19.0 Å². The normalized spacial score (nSPS) is 24.9. The van der Waals surface area contributed by atoms with E-state index in [-0.39, 0.29) is 19.1 Å². The van der Waals surface area contributed by atoms with Gasteiger partial charge in [-0.25, -0.2) is 4.79 Å². The van der Waals surface area contributed by atoms with Crippen LogP contribution in [0.1, 0.15) is 6.42 Å². The highest BCUT2D eigenvalue weighted by atomic mass is 16.8. The molecule has 1 fully saturated rings. The molecule has 4 nitrogen and oxygen atoms in total. The second-order valence-electron chi connectivity index (χ2n) is 1.70. The van der Waals surface area contributed by atoms with Gasteiger partial charge >= 0.3 is 6.16 Å². The standard InChI is InChI=1S/C5H6O4/c6-2-1-4-3-8-5(7)9-4/h2,4H,1,3H2. The Morgan fingerprint density at radius 1 is 1.78 bits per heavy atom. The van der Waals surface area contributed by atoms with E-state index in [1.54, 1.807) is 0 Å². The lowest BCUT2D eigenvalue weighted by atomic mass is 10.3. The summed E-state index contributed by atoms with van der Waals surface area (Å²) in [5.41, 5.74) is 0. The molecule has 1 aliphatic rings. The Morgan fingerprint density at radius 3 is 3.00 bits per heavy atom. The molecule has 1 rings (SSSR count). The summed E-state index contributed by atoms with van der Waals surface area (Å²) in [4.78, 5) is 20.0. The highest BCUT2D eigenvalue weighted by Crippen LogP contribution is 2.07. The van der Waals surface area contributed by atoms with Crippen LogP contribution in [0.5, 0.6) is 0 Å². The topological polar surface area (TPSA) is 52.6 Å². The van der Waals surface area contributed by atoms with Crippen LogP contribution in [-0.2, 0) is 14.3 Å². The van der Waals surface area contributed by atoms with Crippen molar-refractivity contribution >= 4 is 12.4 Å². The fourth-order valence-electron chi connectivity index (χ4n) is 0.589. The molecule has 1 aliphatic heterocycles. The number of rotatable bonds is 2. The Kier molecular flexibility index (Phi) is 1.67. The zero-order valence-electron chi connectivity index (χ0n) is 4.70. The molecule has 50 valence electrons. The smallest absolute Gasteiger partial charge is 0.430 e. The largest absolute Gasteiger partial charge is 0.508 e. The second-order valence-corrected chi connectivity index (χ2v) is 1.70. The fraction of sp³-hybridized carbons (Fsp3) is 0.600. The van der Waals surface area contributed by atoms with E-state index in [0.717, 1.165) is 0 Å². The first-order valence-electron chi connectivity index (χ1n) is 2.60.